The van der Waals surface area contributed by atoms with Crippen molar-refractivity contribution in [3.05, 3.63) is 29.2 Å². The van der Waals surface area contributed by atoms with Crippen molar-refractivity contribution in [2.45, 2.75) is 31.7 Å². The number of nitrogens with zero attached hydrogens (tertiary/aromatic N) is 3. The highest BCUT2D eigenvalue weighted by atomic mass is 35.5. The van der Waals surface area contributed by atoms with Crippen molar-refractivity contribution in [3.8, 4) is 0 Å². The molecule has 17 heavy (non-hydrogen) atoms. The zero-order valence-electron chi connectivity index (χ0n) is 9.56. The zero-order valence-corrected chi connectivity index (χ0v) is 10.3. The topological polar surface area (TPSA) is 42.2 Å². The number of piperidine rings is 1. The molecule has 0 aliphatic carbocycles. The number of aromatic nitrogens is 3. The Morgan fingerprint density at radius 1 is 1.41 bits per heavy atom. The second-order valence-corrected chi connectivity index (χ2v) is 4.88. The summed E-state index contributed by atoms with van der Waals surface area (Å²) in [6.45, 7) is 1.11. The van der Waals surface area contributed by atoms with E-state index in [1.807, 2.05) is 18.2 Å². The van der Waals surface area contributed by atoms with Crippen LogP contribution >= 0.6 is 11.6 Å². The first kappa shape index (κ1) is 11.0. The largest absolute Gasteiger partial charge is 0.314 e. The predicted octanol–water partition coefficient (Wildman–Crippen LogP) is 2.07. The molecule has 1 aliphatic heterocycles. The molecule has 0 aromatic carbocycles. The Morgan fingerprint density at radius 3 is 3.12 bits per heavy atom. The maximum Gasteiger partial charge on any atom is 0.157 e. The van der Waals surface area contributed by atoms with Crippen LogP contribution in [0.5, 0.6) is 0 Å². The minimum atomic E-state index is 0.514. The van der Waals surface area contributed by atoms with E-state index in [1.165, 1.54) is 19.3 Å². The fourth-order valence-corrected chi connectivity index (χ4v) is 2.52. The van der Waals surface area contributed by atoms with E-state index in [-0.39, 0.29) is 0 Å². The first-order valence-electron chi connectivity index (χ1n) is 6.06. The lowest BCUT2D eigenvalue weighted by Gasteiger charge is -2.21. The van der Waals surface area contributed by atoms with E-state index in [0.29, 0.717) is 11.2 Å². The van der Waals surface area contributed by atoms with Gasteiger partial charge >= 0.3 is 0 Å². The Morgan fingerprint density at radius 2 is 2.35 bits per heavy atom. The van der Waals surface area contributed by atoms with Gasteiger partial charge in [-0.15, -0.1) is 5.10 Å². The molecule has 5 heteroatoms. The number of fused-ring (bicyclic) bond motifs is 1. The number of hydrogen-bond acceptors (Lipinski definition) is 3. The van der Waals surface area contributed by atoms with E-state index in [0.717, 1.165) is 24.4 Å². The average molecular weight is 251 g/mol. The van der Waals surface area contributed by atoms with Crippen LogP contribution in [0.25, 0.3) is 5.65 Å². The number of hydrogen-bond donors (Lipinski definition) is 1. The Labute approximate surface area is 105 Å². The molecular weight excluding hydrogens is 236 g/mol. The van der Waals surface area contributed by atoms with Gasteiger partial charge in [0.15, 0.2) is 11.5 Å². The van der Waals surface area contributed by atoms with E-state index >= 15 is 0 Å². The lowest BCUT2D eigenvalue weighted by Crippen LogP contribution is -2.35. The Balaban J connectivity index is 1.83. The molecule has 4 nitrogen and oxygen atoms in total. The molecule has 0 radical (unpaired) electrons. The highest BCUT2D eigenvalue weighted by Gasteiger charge is 2.16. The quantitative estimate of drug-likeness (QED) is 0.830. The van der Waals surface area contributed by atoms with Crippen LogP contribution in [0.15, 0.2) is 18.2 Å². The summed E-state index contributed by atoms with van der Waals surface area (Å²) < 4.78 is 1.69. The van der Waals surface area contributed by atoms with Gasteiger partial charge in [-0.3, -0.25) is 0 Å². The fourth-order valence-electron chi connectivity index (χ4n) is 2.32. The molecule has 2 aromatic heterocycles. The standard InChI is InChI=1S/C12H15ClN4/c13-10-5-3-6-12-15-11(16-17(10)12)8-9-4-1-2-7-14-9/h3,5-6,9,14H,1-2,4,7-8H2. The van der Waals surface area contributed by atoms with E-state index in [1.54, 1.807) is 4.52 Å². The smallest absolute Gasteiger partial charge is 0.157 e. The van der Waals surface area contributed by atoms with Gasteiger partial charge in [-0.1, -0.05) is 24.1 Å². The Bertz CT molecular complexity index is 516. The maximum absolute atomic E-state index is 6.06. The monoisotopic (exact) mass is 250 g/mol. The van der Waals surface area contributed by atoms with E-state index in [4.69, 9.17) is 11.6 Å². The van der Waals surface area contributed by atoms with E-state index in [2.05, 4.69) is 15.4 Å². The van der Waals surface area contributed by atoms with Crippen molar-refractivity contribution >= 4 is 17.2 Å². The van der Waals surface area contributed by atoms with Crippen molar-refractivity contribution in [2.75, 3.05) is 6.54 Å². The van der Waals surface area contributed by atoms with Gasteiger partial charge in [-0.2, -0.15) is 0 Å². The maximum atomic E-state index is 6.06. The summed E-state index contributed by atoms with van der Waals surface area (Å²) >= 11 is 6.06. The van der Waals surface area contributed by atoms with Crippen molar-refractivity contribution < 1.29 is 0 Å². The van der Waals surface area contributed by atoms with Crippen LogP contribution in [0.3, 0.4) is 0 Å². The van der Waals surface area contributed by atoms with Crippen LogP contribution in [0, 0.1) is 0 Å². The molecular formula is C12H15ClN4. The molecule has 1 atom stereocenters. The fraction of sp³-hybridized carbons (Fsp3) is 0.500. The van der Waals surface area contributed by atoms with Crippen LogP contribution in [-0.2, 0) is 6.42 Å². The Kier molecular flexibility index (Phi) is 2.99. The third-order valence-corrected chi connectivity index (χ3v) is 3.48. The van der Waals surface area contributed by atoms with Crippen LogP contribution < -0.4 is 5.32 Å². The molecule has 1 fully saturated rings. The zero-order chi connectivity index (χ0) is 11.7. The van der Waals surface area contributed by atoms with Crippen LogP contribution in [0.2, 0.25) is 5.15 Å². The summed E-state index contributed by atoms with van der Waals surface area (Å²) in [6.07, 6.45) is 4.67. The van der Waals surface area contributed by atoms with Crippen LogP contribution in [0.4, 0.5) is 0 Å². The third-order valence-electron chi connectivity index (χ3n) is 3.20. The van der Waals surface area contributed by atoms with Gasteiger partial charge < -0.3 is 5.32 Å². The number of rotatable bonds is 2. The highest BCUT2D eigenvalue weighted by molar-refractivity contribution is 6.29. The van der Waals surface area contributed by atoms with Gasteiger partial charge in [0.2, 0.25) is 0 Å². The summed E-state index contributed by atoms with van der Waals surface area (Å²) in [5.41, 5.74) is 0.823. The molecule has 0 amide bonds. The molecule has 0 bridgehead atoms. The van der Waals surface area contributed by atoms with Crippen molar-refractivity contribution in [2.24, 2.45) is 0 Å². The summed E-state index contributed by atoms with van der Waals surface area (Å²) in [6, 6.07) is 6.16. The Hall–Kier alpha value is -1.13. The van der Waals surface area contributed by atoms with E-state index in [9.17, 15) is 0 Å². The van der Waals surface area contributed by atoms with Crippen LogP contribution in [-0.4, -0.2) is 27.2 Å². The molecule has 1 unspecified atom stereocenters. The van der Waals surface area contributed by atoms with Gasteiger partial charge in [0, 0.05) is 12.5 Å². The van der Waals surface area contributed by atoms with Gasteiger partial charge in [0.25, 0.3) is 0 Å². The van der Waals surface area contributed by atoms with Gasteiger partial charge in [-0.25, -0.2) is 9.50 Å². The second-order valence-electron chi connectivity index (χ2n) is 4.50. The predicted molar refractivity (Wildman–Crippen MR) is 67.3 cm³/mol. The summed E-state index contributed by atoms with van der Waals surface area (Å²) in [5, 5.41) is 8.55. The summed E-state index contributed by atoms with van der Waals surface area (Å²) in [7, 11) is 0. The summed E-state index contributed by atoms with van der Waals surface area (Å²) in [4.78, 5) is 4.50. The molecule has 3 rings (SSSR count). The minimum absolute atomic E-state index is 0.514. The SMILES string of the molecule is Clc1cccc2nc(CC3CCCCN3)nn12. The lowest BCUT2D eigenvalue weighted by atomic mass is 10.0. The first-order chi connectivity index (χ1) is 8.33. The molecule has 1 N–H and O–H groups in total. The molecule has 2 aromatic rings. The normalized spacial score (nSPS) is 20.9. The van der Waals surface area contributed by atoms with Crippen molar-refractivity contribution in [3.63, 3.8) is 0 Å². The third kappa shape index (κ3) is 2.28. The number of nitrogens with one attached hydrogen (secondary N) is 1. The van der Waals surface area contributed by atoms with Gasteiger partial charge in [-0.05, 0) is 31.5 Å². The number of pyridine rings is 1. The summed E-state index contributed by atoms with van der Waals surface area (Å²) in [5.74, 6) is 0.873. The lowest BCUT2D eigenvalue weighted by molar-refractivity contribution is 0.394. The molecule has 1 aliphatic rings. The van der Waals surface area contributed by atoms with Gasteiger partial charge in [0.05, 0.1) is 0 Å². The van der Waals surface area contributed by atoms with Crippen molar-refractivity contribution in [1.29, 1.82) is 0 Å². The second kappa shape index (κ2) is 4.63. The van der Waals surface area contributed by atoms with Gasteiger partial charge in [0.1, 0.15) is 5.15 Å². The number of halogens is 1. The first-order valence-corrected chi connectivity index (χ1v) is 6.44. The molecule has 1 saturated heterocycles. The molecule has 3 heterocycles. The van der Waals surface area contributed by atoms with E-state index < -0.39 is 0 Å². The molecule has 90 valence electrons. The van der Waals surface area contributed by atoms with Crippen molar-refractivity contribution in [1.82, 2.24) is 19.9 Å². The minimum Gasteiger partial charge on any atom is -0.314 e. The average Bonchev–Trinajstić information content (AvgIpc) is 2.74. The highest BCUT2D eigenvalue weighted by Crippen LogP contribution is 2.14. The molecule has 0 spiro atoms. The molecule has 0 saturated carbocycles. The van der Waals surface area contributed by atoms with Crippen LogP contribution in [0.1, 0.15) is 25.1 Å².